The third-order valence-electron chi connectivity index (χ3n) is 4.09. The van der Waals surface area contributed by atoms with Gasteiger partial charge in [0.2, 0.25) is 0 Å². The molecule has 1 aliphatic heterocycles. The quantitative estimate of drug-likeness (QED) is 0.825. The van der Waals surface area contributed by atoms with Crippen LogP contribution in [0.3, 0.4) is 0 Å². The first kappa shape index (κ1) is 14.4. The van der Waals surface area contributed by atoms with E-state index in [1.165, 1.54) is 24.1 Å². The zero-order valence-electron chi connectivity index (χ0n) is 12.2. The molecular formula is C16H26N2O. The Morgan fingerprint density at radius 3 is 2.89 bits per heavy atom. The molecule has 1 aliphatic rings. The Balaban J connectivity index is 2.01. The maximum atomic E-state index is 9.56. The van der Waals surface area contributed by atoms with Crippen LogP contribution in [-0.2, 0) is 6.42 Å². The van der Waals surface area contributed by atoms with Gasteiger partial charge < -0.3 is 15.3 Å². The summed E-state index contributed by atoms with van der Waals surface area (Å²) in [6.45, 7) is 7.41. The van der Waals surface area contributed by atoms with Crippen molar-refractivity contribution in [3.05, 3.63) is 29.8 Å². The molecule has 0 fully saturated rings. The molecule has 2 N–H and O–H groups in total. The minimum absolute atomic E-state index is 0.166. The van der Waals surface area contributed by atoms with Crippen molar-refractivity contribution in [2.45, 2.75) is 38.6 Å². The summed E-state index contributed by atoms with van der Waals surface area (Å²) < 4.78 is 0. The van der Waals surface area contributed by atoms with Crippen molar-refractivity contribution >= 4 is 5.69 Å². The van der Waals surface area contributed by atoms with Gasteiger partial charge in [-0.25, -0.2) is 0 Å². The summed E-state index contributed by atoms with van der Waals surface area (Å²) in [6.07, 6.45) is 3.39. The Morgan fingerprint density at radius 2 is 2.16 bits per heavy atom. The molecule has 3 heteroatoms. The SMILES string of the molecule is CCNC(C)(CO)CCN1CCCc2ccccc21. The average molecular weight is 262 g/mol. The van der Waals surface area contributed by atoms with E-state index in [-0.39, 0.29) is 12.1 Å². The van der Waals surface area contributed by atoms with Crippen LogP contribution in [0.1, 0.15) is 32.3 Å². The molecule has 19 heavy (non-hydrogen) atoms. The fraction of sp³-hybridized carbons (Fsp3) is 0.625. The lowest BCUT2D eigenvalue weighted by atomic mass is 9.96. The standard InChI is InChI=1S/C16H26N2O/c1-3-17-16(2,13-19)10-12-18-11-6-8-14-7-4-5-9-15(14)18/h4-5,7,9,17,19H,3,6,8,10-13H2,1-2H3. The largest absolute Gasteiger partial charge is 0.394 e. The van der Waals surface area contributed by atoms with Gasteiger partial charge in [0.25, 0.3) is 0 Å². The molecule has 3 nitrogen and oxygen atoms in total. The molecule has 0 aliphatic carbocycles. The van der Waals surface area contributed by atoms with Crippen molar-refractivity contribution in [1.82, 2.24) is 5.32 Å². The van der Waals surface area contributed by atoms with Crippen LogP contribution in [0.4, 0.5) is 5.69 Å². The summed E-state index contributed by atoms with van der Waals surface area (Å²) in [5.41, 5.74) is 2.68. The lowest BCUT2D eigenvalue weighted by Crippen LogP contribution is -2.48. The van der Waals surface area contributed by atoms with Gasteiger partial charge in [0.05, 0.1) is 6.61 Å². The first-order valence-electron chi connectivity index (χ1n) is 7.37. The Labute approximate surface area is 116 Å². The van der Waals surface area contributed by atoms with E-state index in [1.54, 1.807) is 0 Å². The van der Waals surface area contributed by atoms with Crippen LogP contribution in [-0.4, -0.2) is 36.9 Å². The highest BCUT2D eigenvalue weighted by Crippen LogP contribution is 2.27. The van der Waals surface area contributed by atoms with Gasteiger partial charge in [0, 0.05) is 24.3 Å². The first-order valence-corrected chi connectivity index (χ1v) is 7.37. The summed E-state index contributed by atoms with van der Waals surface area (Å²) in [7, 11) is 0. The van der Waals surface area contributed by atoms with Gasteiger partial charge in [-0.2, -0.15) is 0 Å². The van der Waals surface area contributed by atoms with Crippen molar-refractivity contribution in [2.24, 2.45) is 0 Å². The van der Waals surface area contributed by atoms with E-state index in [9.17, 15) is 5.11 Å². The fourth-order valence-corrected chi connectivity index (χ4v) is 2.88. The molecular weight excluding hydrogens is 236 g/mol. The molecule has 1 atom stereocenters. The molecule has 0 saturated heterocycles. The zero-order chi connectivity index (χ0) is 13.7. The minimum Gasteiger partial charge on any atom is -0.394 e. The number of aliphatic hydroxyl groups excluding tert-OH is 1. The molecule has 0 aromatic heterocycles. The highest BCUT2D eigenvalue weighted by molar-refractivity contribution is 5.55. The highest BCUT2D eigenvalue weighted by Gasteiger charge is 2.24. The molecule has 0 amide bonds. The number of fused-ring (bicyclic) bond motifs is 1. The lowest BCUT2D eigenvalue weighted by Gasteiger charge is -2.35. The van der Waals surface area contributed by atoms with Gasteiger partial charge in [-0.3, -0.25) is 0 Å². The molecule has 0 saturated carbocycles. The van der Waals surface area contributed by atoms with Gasteiger partial charge in [-0.05, 0) is 44.4 Å². The van der Waals surface area contributed by atoms with E-state index >= 15 is 0 Å². The Bertz CT molecular complexity index is 407. The van der Waals surface area contributed by atoms with Crippen molar-refractivity contribution in [2.75, 3.05) is 31.1 Å². The van der Waals surface area contributed by atoms with Crippen LogP contribution in [0.25, 0.3) is 0 Å². The van der Waals surface area contributed by atoms with Crippen molar-refractivity contribution in [1.29, 1.82) is 0 Å². The molecule has 1 heterocycles. The summed E-state index contributed by atoms with van der Waals surface area (Å²) in [4.78, 5) is 2.46. The predicted molar refractivity (Wildman–Crippen MR) is 80.8 cm³/mol. The van der Waals surface area contributed by atoms with Gasteiger partial charge in [-0.15, -0.1) is 0 Å². The topological polar surface area (TPSA) is 35.5 Å². The third kappa shape index (κ3) is 3.48. The number of anilines is 1. The summed E-state index contributed by atoms with van der Waals surface area (Å²) >= 11 is 0. The number of hydrogen-bond acceptors (Lipinski definition) is 3. The summed E-state index contributed by atoms with van der Waals surface area (Å²) in [6, 6.07) is 8.69. The summed E-state index contributed by atoms with van der Waals surface area (Å²) in [5, 5.41) is 13.0. The van der Waals surface area contributed by atoms with E-state index in [1.807, 2.05) is 0 Å². The van der Waals surface area contributed by atoms with Gasteiger partial charge in [-0.1, -0.05) is 25.1 Å². The number of likely N-dealkylation sites (N-methyl/N-ethyl adjacent to an activating group) is 1. The number of rotatable bonds is 6. The Morgan fingerprint density at radius 1 is 1.37 bits per heavy atom. The molecule has 0 bridgehead atoms. The second-order valence-electron chi connectivity index (χ2n) is 5.72. The fourth-order valence-electron chi connectivity index (χ4n) is 2.88. The smallest absolute Gasteiger partial charge is 0.0611 e. The lowest BCUT2D eigenvalue weighted by molar-refractivity contribution is 0.169. The molecule has 0 radical (unpaired) electrons. The number of nitrogens with one attached hydrogen (secondary N) is 1. The van der Waals surface area contributed by atoms with Gasteiger partial charge >= 0.3 is 0 Å². The maximum absolute atomic E-state index is 9.56. The normalized spacial score (nSPS) is 17.9. The average Bonchev–Trinajstić information content (AvgIpc) is 2.45. The highest BCUT2D eigenvalue weighted by atomic mass is 16.3. The monoisotopic (exact) mass is 262 g/mol. The third-order valence-corrected chi connectivity index (χ3v) is 4.09. The molecule has 1 aromatic carbocycles. The van der Waals surface area contributed by atoms with Gasteiger partial charge in [0.1, 0.15) is 0 Å². The molecule has 2 rings (SSSR count). The van der Waals surface area contributed by atoms with E-state index in [4.69, 9.17) is 0 Å². The predicted octanol–water partition coefficient (Wildman–Crippen LogP) is 2.19. The number of aryl methyl sites for hydroxylation is 1. The molecule has 1 unspecified atom stereocenters. The summed E-state index contributed by atoms with van der Waals surface area (Å²) in [5.74, 6) is 0. The van der Waals surface area contributed by atoms with Gasteiger partial charge in [0.15, 0.2) is 0 Å². The molecule has 0 spiro atoms. The number of nitrogens with zero attached hydrogens (tertiary/aromatic N) is 1. The van der Waals surface area contributed by atoms with Crippen LogP contribution in [0, 0.1) is 0 Å². The molecule has 1 aromatic rings. The molecule has 106 valence electrons. The van der Waals surface area contributed by atoms with Crippen molar-refractivity contribution < 1.29 is 5.11 Å². The second-order valence-corrected chi connectivity index (χ2v) is 5.72. The van der Waals surface area contributed by atoms with Crippen LogP contribution in [0.2, 0.25) is 0 Å². The first-order chi connectivity index (χ1) is 9.18. The van der Waals surface area contributed by atoms with Crippen LogP contribution in [0.5, 0.6) is 0 Å². The van der Waals surface area contributed by atoms with Crippen LogP contribution < -0.4 is 10.2 Å². The number of hydrogen-bond donors (Lipinski definition) is 2. The van der Waals surface area contributed by atoms with Crippen molar-refractivity contribution in [3.8, 4) is 0 Å². The number of benzene rings is 1. The number of para-hydroxylation sites is 1. The van der Waals surface area contributed by atoms with E-state index in [0.717, 1.165) is 26.1 Å². The minimum atomic E-state index is -0.166. The maximum Gasteiger partial charge on any atom is 0.0611 e. The van der Waals surface area contributed by atoms with Crippen LogP contribution in [0.15, 0.2) is 24.3 Å². The second kappa shape index (κ2) is 6.40. The van der Waals surface area contributed by atoms with E-state index in [2.05, 4.69) is 48.3 Å². The zero-order valence-corrected chi connectivity index (χ0v) is 12.2. The van der Waals surface area contributed by atoms with Crippen molar-refractivity contribution in [3.63, 3.8) is 0 Å². The van der Waals surface area contributed by atoms with E-state index < -0.39 is 0 Å². The Kier molecular flexibility index (Phi) is 4.83. The Hall–Kier alpha value is -1.06. The number of aliphatic hydroxyl groups is 1. The van der Waals surface area contributed by atoms with E-state index in [0.29, 0.717) is 0 Å². The van der Waals surface area contributed by atoms with Crippen LogP contribution >= 0.6 is 0 Å².